The second kappa shape index (κ2) is 6.68. The van der Waals surface area contributed by atoms with E-state index < -0.39 is 0 Å². The molecule has 0 aliphatic carbocycles. The second-order valence-corrected chi connectivity index (χ2v) is 6.88. The van der Waals surface area contributed by atoms with E-state index >= 15 is 0 Å². The van der Waals surface area contributed by atoms with Gasteiger partial charge in [0.1, 0.15) is 0 Å². The predicted octanol–water partition coefficient (Wildman–Crippen LogP) is 0.973. The number of hydrogen-bond donors (Lipinski definition) is 1. The summed E-state index contributed by atoms with van der Waals surface area (Å²) in [4.78, 5) is 28.1. The van der Waals surface area contributed by atoms with Gasteiger partial charge in [0.05, 0.1) is 19.3 Å². The fourth-order valence-electron chi connectivity index (χ4n) is 3.86. The van der Waals surface area contributed by atoms with Crippen molar-refractivity contribution in [2.75, 3.05) is 45.9 Å². The van der Waals surface area contributed by atoms with Gasteiger partial charge in [-0.25, -0.2) is 0 Å². The molecule has 1 saturated heterocycles. The maximum Gasteiger partial charge on any atom is 0.244 e. The van der Waals surface area contributed by atoms with Gasteiger partial charge in [-0.15, -0.1) is 0 Å². The Morgan fingerprint density at radius 1 is 1.19 bits per heavy atom. The minimum atomic E-state index is -0.218. The molecular weight excluding hydrogens is 338 g/mol. The third-order valence-corrected chi connectivity index (χ3v) is 5.13. The smallest absolute Gasteiger partial charge is 0.244 e. The maximum absolute atomic E-state index is 12.6. The third kappa shape index (κ3) is 2.84. The summed E-state index contributed by atoms with van der Waals surface area (Å²) in [5, 5.41) is 2.97. The molecule has 3 heterocycles. The third-order valence-electron chi connectivity index (χ3n) is 5.13. The standard InChI is InChI=1S/C18H23N3O5/c1-20-7-5-11-12(8-20)16(24-2)18-17(25-10-26-18)15(11)19-13(22)9-21-6-3-4-14(21)23/h3-10H2,1-2H3,(H,19,22). The summed E-state index contributed by atoms with van der Waals surface area (Å²) >= 11 is 0. The van der Waals surface area contributed by atoms with Gasteiger partial charge in [-0.1, -0.05) is 0 Å². The molecule has 0 radical (unpaired) electrons. The fourth-order valence-corrected chi connectivity index (χ4v) is 3.86. The number of fused-ring (bicyclic) bond motifs is 2. The summed E-state index contributed by atoms with van der Waals surface area (Å²) in [5.74, 6) is 1.54. The van der Waals surface area contributed by atoms with Crippen molar-refractivity contribution in [3.8, 4) is 17.2 Å². The first-order valence-electron chi connectivity index (χ1n) is 8.86. The zero-order chi connectivity index (χ0) is 18.3. The van der Waals surface area contributed by atoms with Crippen LogP contribution in [0, 0.1) is 0 Å². The lowest BCUT2D eigenvalue weighted by Gasteiger charge is -2.29. The number of carbonyl (C=O) groups excluding carboxylic acids is 2. The number of rotatable bonds is 4. The monoisotopic (exact) mass is 361 g/mol. The van der Waals surface area contributed by atoms with Gasteiger partial charge in [0.25, 0.3) is 0 Å². The van der Waals surface area contributed by atoms with E-state index in [9.17, 15) is 9.59 Å². The van der Waals surface area contributed by atoms with Crippen molar-refractivity contribution < 1.29 is 23.8 Å². The number of hydrogen-bond acceptors (Lipinski definition) is 6. The van der Waals surface area contributed by atoms with Crippen LogP contribution in [0.15, 0.2) is 0 Å². The number of nitrogens with one attached hydrogen (secondary N) is 1. The van der Waals surface area contributed by atoms with E-state index in [0.717, 1.165) is 30.5 Å². The zero-order valence-corrected chi connectivity index (χ0v) is 15.1. The Kier molecular flexibility index (Phi) is 4.36. The van der Waals surface area contributed by atoms with Crippen molar-refractivity contribution in [2.45, 2.75) is 25.8 Å². The van der Waals surface area contributed by atoms with Gasteiger partial charge >= 0.3 is 0 Å². The lowest BCUT2D eigenvalue weighted by Crippen LogP contribution is -2.34. The molecule has 0 atom stereocenters. The summed E-state index contributed by atoms with van der Waals surface area (Å²) in [6, 6.07) is 0. The van der Waals surface area contributed by atoms with Crippen molar-refractivity contribution in [3.63, 3.8) is 0 Å². The molecule has 1 aromatic rings. The van der Waals surface area contributed by atoms with E-state index in [4.69, 9.17) is 14.2 Å². The van der Waals surface area contributed by atoms with Gasteiger partial charge in [-0.3, -0.25) is 9.59 Å². The van der Waals surface area contributed by atoms with Gasteiger partial charge in [0, 0.05) is 31.6 Å². The minimum Gasteiger partial charge on any atom is -0.492 e. The molecule has 0 aromatic heterocycles. The number of carbonyl (C=O) groups is 2. The summed E-state index contributed by atoms with van der Waals surface area (Å²) in [6.07, 6.45) is 2.10. The van der Waals surface area contributed by atoms with Gasteiger partial charge in [0.15, 0.2) is 11.5 Å². The lowest BCUT2D eigenvalue weighted by molar-refractivity contribution is -0.131. The second-order valence-electron chi connectivity index (χ2n) is 6.88. The van der Waals surface area contributed by atoms with Crippen molar-refractivity contribution in [1.29, 1.82) is 0 Å². The Labute approximate surface area is 152 Å². The minimum absolute atomic E-state index is 0.0309. The highest BCUT2D eigenvalue weighted by Gasteiger charge is 2.33. The molecule has 26 heavy (non-hydrogen) atoms. The highest BCUT2D eigenvalue weighted by atomic mass is 16.7. The SMILES string of the molecule is COc1c2c(c(NC(=O)CN3CCCC3=O)c3c1OCO3)CCN(C)C2. The molecule has 140 valence electrons. The van der Waals surface area contributed by atoms with Crippen molar-refractivity contribution in [3.05, 3.63) is 11.1 Å². The first-order chi connectivity index (χ1) is 12.6. The van der Waals surface area contributed by atoms with E-state index in [-0.39, 0.29) is 25.2 Å². The average Bonchev–Trinajstić information content (AvgIpc) is 3.24. The molecule has 8 heteroatoms. The molecule has 0 bridgehead atoms. The van der Waals surface area contributed by atoms with E-state index in [0.29, 0.717) is 42.4 Å². The highest BCUT2D eigenvalue weighted by Crippen LogP contribution is 2.52. The Morgan fingerprint density at radius 2 is 2.00 bits per heavy atom. The lowest BCUT2D eigenvalue weighted by atomic mass is 9.95. The normalized spacial score (nSPS) is 18.8. The molecule has 3 aliphatic rings. The maximum atomic E-state index is 12.6. The van der Waals surface area contributed by atoms with Crippen LogP contribution in [0.4, 0.5) is 5.69 Å². The largest absolute Gasteiger partial charge is 0.492 e. The van der Waals surface area contributed by atoms with Crippen molar-refractivity contribution in [1.82, 2.24) is 9.80 Å². The van der Waals surface area contributed by atoms with Crippen LogP contribution in [0.25, 0.3) is 0 Å². The van der Waals surface area contributed by atoms with Crippen LogP contribution >= 0.6 is 0 Å². The van der Waals surface area contributed by atoms with E-state index in [1.165, 1.54) is 0 Å². The average molecular weight is 361 g/mol. The van der Waals surface area contributed by atoms with Crippen LogP contribution < -0.4 is 19.5 Å². The summed E-state index contributed by atoms with van der Waals surface area (Å²) < 4.78 is 16.8. The number of methoxy groups -OCH3 is 1. The summed E-state index contributed by atoms with van der Waals surface area (Å²) in [7, 11) is 3.66. The molecule has 1 aromatic carbocycles. The van der Waals surface area contributed by atoms with Crippen LogP contribution in [-0.2, 0) is 22.6 Å². The summed E-state index contributed by atoms with van der Waals surface area (Å²) in [6.45, 7) is 2.38. The van der Waals surface area contributed by atoms with Crippen LogP contribution in [-0.4, -0.2) is 62.2 Å². The number of amides is 2. The van der Waals surface area contributed by atoms with E-state index in [2.05, 4.69) is 10.2 Å². The Hall–Kier alpha value is -2.48. The molecule has 1 fully saturated rings. The van der Waals surface area contributed by atoms with Gasteiger partial charge in [-0.05, 0) is 25.5 Å². The van der Waals surface area contributed by atoms with Gasteiger partial charge in [0.2, 0.25) is 24.4 Å². The zero-order valence-electron chi connectivity index (χ0n) is 15.1. The van der Waals surface area contributed by atoms with Crippen LogP contribution in [0.1, 0.15) is 24.0 Å². The molecule has 0 spiro atoms. The van der Waals surface area contributed by atoms with E-state index in [1.807, 2.05) is 7.05 Å². The molecule has 2 amide bonds. The number of benzene rings is 1. The van der Waals surface area contributed by atoms with Crippen molar-refractivity contribution in [2.24, 2.45) is 0 Å². The molecule has 1 N–H and O–H groups in total. The molecule has 3 aliphatic heterocycles. The first kappa shape index (κ1) is 17.0. The fraction of sp³-hybridized carbons (Fsp3) is 0.556. The molecular formula is C18H23N3O5. The topological polar surface area (TPSA) is 80.3 Å². The number of ether oxygens (including phenoxy) is 3. The number of likely N-dealkylation sites (tertiary alicyclic amines) is 1. The highest BCUT2D eigenvalue weighted by molar-refractivity contribution is 5.98. The van der Waals surface area contributed by atoms with Crippen LogP contribution in [0.2, 0.25) is 0 Å². The van der Waals surface area contributed by atoms with E-state index in [1.54, 1.807) is 12.0 Å². The predicted molar refractivity (Wildman–Crippen MR) is 93.6 cm³/mol. The number of nitrogens with zero attached hydrogens (tertiary/aromatic N) is 2. The van der Waals surface area contributed by atoms with Crippen molar-refractivity contribution >= 4 is 17.5 Å². The molecule has 4 rings (SSSR count). The molecule has 0 saturated carbocycles. The molecule has 0 unspecified atom stereocenters. The number of likely N-dealkylation sites (N-methyl/N-ethyl adjacent to an activating group) is 1. The molecule has 8 nitrogen and oxygen atoms in total. The van der Waals surface area contributed by atoms with Crippen LogP contribution in [0.5, 0.6) is 17.2 Å². The first-order valence-corrected chi connectivity index (χ1v) is 8.86. The van der Waals surface area contributed by atoms with Gasteiger partial charge in [-0.2, -0.15) is 0 Å². The Morgan fingerprint density at radius 3 is 2.73 bits per heavy atom. The Balaban J connectivity index is 1.67. The summed E-state index contributed by atoms with van der Waals surface area (Å²) in [5.41, 5.74) is 2.68. The van der Waals surface area contributed by atoms with Crippen LogP contribution in [0.3, 0.4) is 0 Å². The quantitative estimate of drug-likeness (QED) is 0.861. The number of anilines is 1. The van der Waals surface area contributed by atoms with Gasteiger partial charge < -0.3 is 29.3 Å². The Bertz CT molecular complexity index is 764.